The highest BCUT2D eigenvalue weighted by atomic mass is 32.2. The van der Waals surface area contributed by atoms with Crippen LogP contribution < -0.4 is 11.1 Å². The first kappa shape index (κ1) is 18.6. The van der Waals surface area contributed by atoms with Gasteiger partial charge < -0.3 is 16.0 Å². The largest absolute Gasteiger partial charge is 0.356 e. The van der Waals surface area contributed by atoms with Gasteiger partial charge in [0.15, 0.2) is 0 Å². The van der Waals surface area contributed by atoms with E-state index >= 15 is 0 Å². The number of thioether (sulfide) groups is 1. The summed E-state index contributed by atoms with van der Waals surface area (Å²) in [6.45, 7) is 1.63. The zero-order chi connectivity index (χ0) is 17.4. The Labute approximate surface area is 146 Å². The average molecular weight is 353 g/mol. The number of carbonyl (C=O) groups excluding carboxylic acids is 2. The lowest BCUT2D eigenvalue weighted by Gasteiger charge is -2.30. The van der Waals surface area contributed by atoms with Crippen molar-refractivity contribution < 1.29 is 14.0 Å². The van der Waals surface area contributed by atoms with Gasteiger partial charge in [0.2, 0.25) is 5.91 Å². The number of rotatable bonds is 7. The first-order chi connectivity index (χ1) is 11.6. The number of amides is 3. The zero-order valence-corrected chi connectivity index (χ0v) is 14.5. The summed E-state index contributed by atoms with van der Waals surface area (Å²) in [4.78, 5) is 24.8. The minimum atomic E-state index is -0.461. The molecule has 0 saturated carbocycles. The predicted octanol–water partition coefficient (Wildman–Crippen LogP) is 2.36. The number of hydrogen-bond acceptors (Lipinski definition) is 3. The molecule has 1 aliphatic heterocycles. The number of primary amides is 1. The molecule has 132 valence electrons. The van der Waals surface area contributed by atoms with Crippen LogP contribution in [0.4, 0.5) is 9.18 Å². The van der Waals surface area contributed by atoms with Crippen molar-refractivity contribution in [1.29, 1.82) is 0 Å². The fourth-order valence-corrected chi connectivity index (χ4v) is 3.67. The highest BCUT2D eigenvalue weighted by Crippen LogP contribution is 2.17. The Bertz CT molecular complexity index is 571. The van der Waals surface area contributed by atoms with E-state index < -0.39 is 6.03 Å². The molecule has 24 heavy (non-hydrogen) atoms. The normalized spacial score (nSPS) is 17.5. The molecule has 3 amide bonds. The predicted molar refractivity (Wildman–Crippen MR) is 94.1 cm³/mol. The topological polar surface area (TPSA) is 75.4 Å². The molecule has 1 atom stereocenters. The molecule has 0 bridgehead atoms. The lowest BCUT2D eigenvalue weighted by molar-refractivity contribution is -0.126. The van der Waals surface area contributed by atoms with Crippen LogP contribution in [0.3, 0.4) is 0 Å². The van der Waals surface area contributed by atoms with Crippen molar-refractivity contribution in [2.75, 3.05) is 25.4 Å². The first-order valence-corrected chi connectivity index (χ1v) is 9.36. The number of carbonyl (C=O) groups is 2. The van der Waals surface area contributed by atoms with Crippen molar-refractivity contribution in [2.45, 2.75) is 25.0 Å². The van der Waals surface area contributed by atoms with Gasteiger partial charge in [-0.1, -0.05) is 18.2 Å². The van der Waals surface area contributed by atoms with E-state index in [1.807, 2.05) is 6.07 Å². The minimum absolute atomic E-state index is 0.0138. The van der Waals surface area contributed by atoms with Gasteiger partial charge in [-0.05, 0) is 36.6 Å². The Kier molecular flexibility index (Phi) is 7.36. The Morgan fingerprint density at radius 3 is 2.92 bits per heavy atom. The molecule has 5 nitrogen and oxygen atoms in total. The lowest BCUT2D eigenvalue weighted by atomic mass is 9.97. The highest BCUT2D eigenvalue weighted by molar-refractivity contribution is 7.98. The number of hydrogen-bond donors (Lipinski definition) is 2. The number of piperidine rings is 1. The number of nitrogens with zero attached hydrogens (tertiary/aromatic N) is 1. The standard InChI is InChI=1S/C17H24FN3O2S/c18-15-7-2-1-5-14(15)12-24-10-4-8-20-16(22)13-6-3-9-21(11-13)17(19)23/h1-2,5,7,13H,3-4,6,8-12H2,(H2,19,23)(H,20,22)/t13-/m0/s1. The van der Waals surface area contributed by atoms with E-state index in [0.29, 0.717) is 31.0 Å². The SMILES string of the molecule is NC(=O)N1CCC[C@H](C(=O)NCCCSCc2ccccc2F)C1. The van der Waals surface area contributed by atoms with E-state index in [1.54, 1.807) is 23.9 Å². The smallest absolute Gasteiger partial charge is 0.314 e. The second kappa shape index (κ2) is 9.52. The highest BCUT2D eigenvalue weighted by Gasteiger charge is 2.26. The van der Waals surface area contributed by atoms with Crippen molar-refractivity contribution in [3.63, 3.8) is 0 Å². The Morgan fingerprint density at radius 2 is 2.17 bits per heavy atom. The van der Waals surface area contributed by atoms with Gasteiger partial charge in [0.1, 0.15) is 5.82 Å². The van der Waals surface area contributed by atoms with Gasteiger partial charge in [0.05, 0.1) is 5.92 Å². The lowest BCUT2D eigenvalue weighted by Crippen LogP contribution is -2.47. The molecule has 3 N–H and O–H groups in total. The van der Waals surface area contributed by atoms with Crippen molar-refractivity contribution in [2.24, 2.45) is 11.7 Å². The monoisotopic (exact) mass is 353 g/mol. The van der Waals surface area contributed by atoms with Crippen molar-refractivity contribution in [1.82, 2.24) is 10.2 Å². The maximum absolute atomic E-state index is 13.5. The number of likely N-dealkylation sites (tertiary alicyclic amines) is 1. The van der Waals surface area contributed by atoms with E-state index in [1.165, 1.54) is 11.0 Å². The number of nitrogens with one attached hydrogen (secondary N) is 1. The Hall–Kier alpha value is -1.76. The van der Waals surface area contributed by atoms with Crippen molar-refractivity contribution >= 4 is 23.7 Å². The van der Waals surface area contributed by atoms with Crippen LogP contribution in [0.15, 0.2) is 24.3 Å². The Balaban J connectivity index is 1.59. The van der Waals surface area contributed by atoms with E-state index in [4.69, 9.17) is 5.73 Å². The third-order valence-electron chi connectivity index (χ3n) is 4.08. The van der Waals surface area contributed by atoms with Crippen LogP contribution in [0.1, 0.15) is 24.8 Å². The third kappa shape index (κ3) is 5.70. The molecule has 7 heteroatoms. The van der Waals surface area contributed by atoms with Gasteiger partial charge in [-0.3, -0.25) is 4.79 Å². The van der Waals surface area contributed by atoms with E-state index in [2.05, 4.69) is 5.32 Å². The molecule has 0 unspecified atom stereocenters. The summed E-state index contributed by atoms with van der Waals surface area (Å²) >= 11 is 1.65. The molecule has 1 aliphatic rings. The molecule has 1 saturated heterocycles. The van der Waals surface area contributed by atoms with Gasteiger partial charge >= 0.3 is 6.03 Å². The number of benzene rings is 1. The zero-order valence-electron chi connectivity index (χ0n) is 13.7. The second-order valence-corrected chi connectivity index (χ2v) is 7.02. The quantitative estimate of drug-likeness (QED) is 0.739. The molecule has 0 radical (unpaired) electrons. The summed E-state index contributed by atoms with van der Waals surface area (Å²) < 4.78 is 13.5. The minimum Gasteiger partial charge on any atom is -0.356 e. The van der Waals surface area contributed by atoms with E-state index in [0.717, 1.165) is 25.0 Å². The number of halogens is 1. The second-order valence-electron chi connectivity index (χ2n) is 5.91. The molecule has 2 rings (SSSR count). The molecular formula is C17H24FN3O2S. The number of urea groups is 1. The summed E-state index contributed by atoms with van der Waals surface area (Å²) in [6.07, 6.45) is 2.42. The van der Waals surface area contributed by atoms with E-state index in [9.17, 15) is 14.0 Å². The fourth-order valence-electron chi connectivity index (χ4n) is 2.72. The summed E-state index contributed by atoms with van der Waals surface area (Å²) in [5.41, 5.74) is 5.98. The fraction of sp³-hybridized carbons (Fsp3) is 0.529. The molecule has 1 aromatic carbocycles. The van der Waals surface area contributed by atoms with Gasteiger partial charge in [-0.2, -0.15) is 11.8 Å². The first-order valence-electron chi connectivity index (χ1n) is 8.21. The van der Waals surface area contributed by atoms with E-state index in [-0.39, 0.29) is 17.6 Å². The molecule has 0 aliphatic carbocycles. The summed E-state index contributed by atoms with van der Waals surface area (Å²) in [6, 6.07) is 6.31. The molecule has 0 spiro atoms. The molecule has 0 aromatic heterocycles. The van der Waals surface area contributed by atoms with Crippen LogP contribution in [-0.2, 0) is 10.5 Å². The maximum Gasteiger partial charge on any atom is 0.314 e. The Morgan fingerprint density at radius 1 is 1.38 bits per heavy atom. The van der Waals surface area contributed by atoms with Crippen LogP contribution in [0, 0.1) is 11.7 Å². The van der Waals surface area contributed by atoms with Crippen molar-refractivity contribution in [3.05, 3.63) is 35.6 Å². The van der Waals surface area contributed by atoms with Crippen molar-refractivity contribution in [3.8, 4) is 0 Å². The van der Waals surface area contributed by atoms with Crippen LogP contribution in [-0.4, -0.2) is 42.2 Å². The van der Waals surface area contributed by atoms with Gasteiger partial charge in [0.25, 0.3) is 0 Å². The average Bonchev–Trinajstić information content (AvgIpc) is 2.59. The molecule has 1 aromatic rings. The van der Waals surface area contributed by atoms with Crippen LogP contribution in [0.5, 0.6) is 0 Å². The molecule has 1 fully saturated rings. The van der Waals surface area contributed by atoms with Crippen LogP contribution in [0.25, 0.3) is 0 Å². The van der Waals surface area contributed by atoms with Gasteiger partial charge in [0, 0.05) is 25.4 Å². The molecule has 1 heterocycles. The third-order valence-corrected chi connectivity index (χ3v) is 5.18. The van der Waals surface area contributed by atoms with Crippen LogP contribution >= 0.6 is 11.8 Å². The summed E-state index contributed by atoms with van der Waals surface area (Å²) in [5, 5.41) is 2.92. The summed E-state index contributed by atoms with van der Waals surface area (Å²) in [5.74, 6) is 1.13. The van der Waals surface area contributed by atoms with Gasteiger partial charge in [-0.15, -0.1) is 0 Å². The summed E-state index contributed by atoms with van der Waals surface area (Å²) in [7, 11) is 0. The maximum atomic E-state index is 13.5. The molecular weight excluding hydrogens is 329 g/mol. The van der Waals surface area contributed by atoms with Gasteiger partial charge in [-0.25, -0.2) is 9.18 Å². The number of nitrogens with two attached hydrogens (primary N) is 1. The van der Waals surface area contributed by atoms with Crippen LogP contribution in [0.2, 0.25) is 0 Å².